The van der Waals surface area contributed by atoms with E-state index in [0.717, 1.165) is 5.75 Å². The van der Waals surface area contributed by atoms with E-state index in [1.165, 1.54) is 0 Å². The smallest absolute Gasteiger partial charge is 0.258 e. The Balaban J connectivity index is 2.25. The molecule has 6 heteroatoms. The second kappa shape index (κ2) is 9.50. The standard InChI is InChI=1S/C14H21NO4S/c1-18-12-4-3-5-13(8-12)19-10-14(17)15-9-11(16)6-7-20-2/h3-5,8,11,16H,6-7,9-10H2,1-2H3,(H,15,17). The molecular formula is C14H21NO4S. The molecular weight excluding hydrogens is 278 g/mol. The van der Waals surface area contributed by atoms with Gasteiger partial charge in [-0.15, -0.1) is 0 Å². The van der Waals surface area contributed by atoms with E-state index < -0.39 is 6.10 Å². The number of benzene rings is 1. The van der Waals surface area contributed by atoms with E-state index in [4.69, 9.17) is 9.47 Å². The van der Waals surface area contributed by atoms with Gasteiger partial charge in [0.15, 0.2) is 6.61 Å². The van der Waals surface area contributed by atoms with Crippen molar-refractivity contribution in [2.75, 3.05) is 32.3 Å². The number of hydrogen-bond acceptors (Lipinski definition) is 5. The molecule has 1 aromatic carbocycles. The molecule has 112 valence electrons. The Kier molecular flexibility index (Phi) is 7.91. The maximum absolute atomic E-state index is 11.6. The molecule has 0 aliphatic carbocycles. The largest absolute Gasteiger partial charge is 0.497 e. The first kappa shape index (κ1) is 16.7. The first-order chi connectivity index (χ1) is 9.65. The van der Waals surface area contributed by atoms with Gasteiger partial charge in [-0.1, -0.05) is 6.07 Å². The lowest BCUT2D eigenvalue weighted by Gasteiger charge is -2.12. The Bertz CT molecular complexity index is 414. The van der Waals surface area contributed by atoms with Crippen LogP contribution in [0.25, 0.3) is 0 Å². The van der Waals surface area contributed by atoms with Gasteiger partial charge < -0.3 is 19.9 Å². The molecule has 0 aromatic heterocycles. The quantitative estimate of drug-likeness (QED) is 0.719. The summed E-state index contributed by atoms with van der Waals surface area (Å²) in [5.74, 6) is 1.87. The van der Waals surface area contributed by atoms with Crippen molar-refractivity contribution in [3.05, 3.63) is 24.3 Å². The maximum Gasteiger partial charge on any atom is 0.258 e. The normalized spacial score (nSPS) is 11.8. The lowest BCUT2D eigenvalue weighted by molar-refractivity contribution is -0.123. The summed E-state index contributed by atoms with van der Waals surface area (Å²) >= 11 is 1.67. The van der Waals surface area contributed by atoms with Crippen LogP contribution in [0.5, 0.6) is 11.5 Å². The van der Waals surface area contributed by atoms with Gasteiger partial charge in [0.25, 0.3) is 5.91 Å². The summed E-state index contributed by atoms with van der Waals surface area (Å²) < 4.78 is 10.4. The van der Waals surface area contributed by atoms with E-state index in [0.29, 0.717) is 17.9 Å². The van der Waals surface area contributed by atoms with Crippen LogP contribution in [0.4, 0.5) is 0 Å². The van der Waals surface area contributed by atoms with Crippen molar-refractivity contribution in [1.82, 2.24) is 5.32 Å². The van der Waals surface area contributed by atoms with Gasteiger partial charge in [-0.3, -0.25) is 4.79 Å². The topological polar surface area (TPSA) is 67.8 Å². The van der Waals surface area contributed by atoms with E-state index in [1.807, 2.05) is 6.26 Å². The van der Waals surface area contributed by atoms with Gasteiger partial charge in [-0.25, -0.2) is 0 Å². The van der Waals surface area contributed by atoms with Crippen molar-refractivity contribution >= 4 is 17.7 Å². The van der Waals surface area contributed by atoms with E-state index >= 15 is 0 Å². The van der Waals surface area contributed by atoms with E-state index in [9.17, 15) is 9.90 Å². The van der Waals surface area contributed by atoms with E-state index in [2.05, 4.69) is 5.32 Å². The highest BCUT2D eigenvalue weighted by Crippen LogP contribution is 2.18. The summed E-state index contributed by atoms with van der Waals surface area (Å²) in [5, 5.41) is 12.2. The van der Waals surface area contributed by atoms with Crippen LogP contribution in [-0.4, -0.2) is 49.4 Å². The molecule has 1 rings (SSSR count). The summed E-state index contributed by atoms with van der Waals surface area (Å²) in [4.78, 5) is 11.6. The number of thioether (sulfide) groups is 1. The third kappa shape index (κ3) is 6.68. The average Bonchev–Trinajstić information content (AvgIpc) is 2.49. The Morgan fingerprint density at radius 3 is 2.90 bits per heavy atom. The number of carbonyl (C=O) groups excluding carboxylic acids is 1. The molecule has 0 aliphatic heterocycles. The number of amides is 1. The number of carbonyl (C=O) groups is 1. The summed E-state index contributed by atoms with van der Waals surface area (Å²) in [5.41, 5.74) is 0. The van der Waals surface area contributed by atoms with Crippen molar-refractivity contribution in [2.24, 2.45) is 0 Å². The number of hydrogen-bond donors (Lipinski definition) is 2. The molecule has 20 heavy (non-hydrogen) atoms. The van der Waals surface area contributed by atoms with E-state index in [-0.39, 0.29) is 19.1 Å². The molecule has 2 N–H and O–H groups in total. The Morgan fingerprint density at radius 1 is 1.45 bits per heavy atom. The maximum atomic E-state index is 11.6. The predicted molar refractivity (Wildman–Crippen MR) is 80.5 cm³/mol. The van der Waals surface area contributed by atoms with Crippen LogP contribution >= 0.6 is 11.8 Å². The highest BCUT2D eigenvalue weighted by molar-refractivity contribution is 7.98. The Labute approximate surface area is 123 Å². The van der Waals surface area contributed by atoms with Crippen LogP contribution in [-0.2, 0) is 4.79 Å². The number of ether oxygens (including phenoxy) is 2. The molecule has 1 atom stereocenters. The number of rotatable bonds is 9. The van der Waals surface area contributed by atoms with Crippen molar-refractivity contribution < 1.29 is 19.4 Å². The molecule has 0 heterocycles. The molecule has 1 unspecified atom stereocenters. The Hall–Kier alpha value is -1.40. The number of aliphatic hydroxyl groups is 1. The molecule has 0 fully saturated rings. The highest BCUT2D eigenvalue weighted by Gasteiger charge is 2.07. The van der Waals surface area contributed by atoms with Crippen LogP contribution in [0.15, 0.2) is 24.3 Å². The highest BCUT2D eigenvalue weighted by atomic mass is 32.2. The lowest BCUT2D eigenvalue weighted by Crippen LogP contribution is -2.35. The third-order valence-electron chi connectivity index (χ3n) is 2.60. The zero-order chi connectivity index (χ0) is 14.8. The second-order valence-electron chi connectivity index (χ2n) is 4.21. The lowest BCUT2D eigenvalue weighted by atomic mass is 10.3. The SMILES string of the molecule is COc1cccc(OCC(=O)NCC(O)CCSC)c1. The molecule has 1 amide bonds. The summed E-state index contributed by atoms with van der Waals surface area (Å²) in [6.45, 7) is 0.170. The number of aliphatic hydroxyl groups excluding tert-OH is 1. The molecule has 0 radical (unpaired) electrons. The first-order valence-electron chi connectivity index (χ1n) is 6.36. The van der Waals surface area contributed by atoms with Gasteiger partial charge in [0, 0.05) is 12.6 Å². The fourth-order valence-corrected chi connectivity index (χ4v) is 1.99. The molecule has 0 aliphatic rings. The van der Waals surface area contributed by atoms with Gasteiger partial charge in [0.1, 0.15) is 11.5 Å². The summed E-state index contributed by atoms with van der Waals surface area (Å²) in [6, 6.07) is 7.05. The third-order valence-corrected chi connectivity index (χ3v) is 3.25. The van der Waals surface area contributed by atoms with Crippen molar-refractivity contribution in [3.63, 3.8) is 0 Å². The van der Waals surface area contributed by atoms with Crippen LogP contribution < -0.4 is 14.8 Å². The zero-order valence-electron chi connectivity index (χ0n) is 11.8. The fraction of sp³-hybridized carbons (Fsp3) is 0.500. The number of methoxy groups -OCH3 is 1. The second-order valence-corrected chi connectivity index (χ2v) is 5.19. The predicted octanol–water partition coefficient (Wildman–Crippen LogP) is 1.30. The van der Waals surface area contributed by atoms with Crippen molar-refractivity contribution in [2.45, 2.75) is 12.5 Å². The first-order valence-corrected chi connectivity index (χ1v) is 7.75. The molecule has 1 aromatic rings. The molecule has 0 spiro atoms. The van der Waals surface area contributed by atoms with Crippen LogP contribution in [0.3, 0.4) is 0 Å². The van der Waals surface area contributed by atoms with Crippen molar-refractivity contribution in [1.29, 1.82) is 0 Å². The minimum absolute atomic E-state index is 0.0809. The van der Waals surface area contributed by atoms with Gasteiger partial charge in [0.2, 0.25) is 0 Å². The van der Waals surface area contributed by atoms with Gasteiger partial charge >= 0.3 is 0 Å². The van der Waals surface area contributed by atoms with E-state index in [1.54, 1.807) is 43.1 Å². The van der Waals surface area contributed by atoms with Crippen LogP contribution in [0.2, 0.25) is 0 Å². The Morgan fingerprint density at radius 2 is 2.20 bits per heavy atom. The zero-order valence-corrected chi connectivity index (χ0v) is 12.6. The van der Waals surface area contributed by atoms with Gasteiger partial charge in [-0.05, 0) is 30.6 Å². The van der Waals surface area contributed by atoms with Crippen molar-refractivity contribution in [3.8, 4) is 11.5 Å². The molecule has 0 bridgehead atoms. The average molecular weight is 299 g/mol. The van der Waals surface area contributed by atoms with Gasteiger partial charge in [0.05, 0.1) is 13.2 Å². The fourth-order valence-electron chi connectivity index (χ4n) is 1.48. The van der Waals surface area contributed by atoms with Crippen LogP contribution in [0, 0.1) is 0 Å². The molecule has 0 saturated heterocycles. The molecule has 5 nitrogen and oxygen atoms in total. The monoisotopic (exact) mass is 299 g/mol. The van der Waals surface area contributed by atoms with Crippen LogP contribution in [0.1, 0.15) is 6.42 Å². The minimum atomic E-state index is -0.511. The summed E-state index contributed by atoms with van der Waals surface area (Å²) in [6.07, 6.45) is 2.13. The molecule has 0 saturated carbocycles. The van der Waals surface area contributed by atoms with Gasteiger partial charge in [-0.2, -0.15) is 11.8 Å². The number of nitrogens with one attached hydrogen (secondary N) is 1. The minimum Gasteiger partial charge on any atom is -0.497 e. The summed E-state index contributed by atoms with van der Waals surface area (Å²) in [7, 11) is 1.57.